The van der Waals surface area contributed by atoms with Crippen molar-refractivity contribution in [3.8, 4) is 0 Å². The maximum atomic E-state index is 13.3. The third kappa shape index (κ3) is 3.22. The summed E-state index contributed by atoms with van der Waals surface area (Å²) in [6, 6.07) is 1.58. The SMILES string of the molecule is O=C(NC(CO)CO)c1cc([N+](=O)[O-])ccc1F. The van der Waals surface area contributed by atoms with Crippen LogP contribution >= 0.6 is 0 Å². The van der Waals surface area contributed by atoms with Crippen LogP contribution in [0.25, 0.3) is 0 Å². The highest BCUT2D eigenvalue weighted by molar-refractivity contribution is 5.95. The van der Waals surface area contributed by atoms with Crippen LogP contribution in [0.2, 0.25) is 0 Å². The van der Waals surface area contributed by atoms with Gasteiger partial charge in [0.1, 0.15) is 5.82 Å². The fraction of sp³-hybridized carbons (Fsp3) is 0.300. The molecule has 8 heteroatoms. The number of hydrogen-bond donors (Lipinski definition) is 3. The number of amides is 1. The average molecular weight is 258 g/mol. The van der Waals surface area contributed by atoms with Crippen LogP contribution in [-0.4, -0.2) is 40.3 Å². The maximum absolute atomic E-state index is 13.3. The number of non-ortho nitro benzene ring substituents is 1. The molecule has 0 atom stereocenters. The van der Waals surface area contributed by atoms with Crippen molar-refractivity contribution in [2.45, 2.75) is 6.04 Å². The Morgan fingerprint density at radius 3 is 2.56 bits per heavy atom. The van der Waals surface area contributed by atoms with Gasteiger partial charge < -0.3 is 15.5 Å². The standard InChI is InChI=1S/C10H11FN2O5/c11-9-2-1-7(13(17)18)3-8(9)10(16)12-6(4-14)5-15/h1-3,6,14-15H,4-5H2,(H,12,16). The van der Waals surface area contributed by atoms with E-state index in [1.54, 1.807) is 0 Å². The minimum absolute atomic E-state index is 0.425. The minimum Gasteiger partial charge on any atom is -0.394 e. The largest absolute Gasteiger partial charge is 0.394 e. The van der Waals surface area contributed by atoms with Gasteiger partial charge in [-0.1, -0.05) is 0 Å². The lowest BCUT2D eigenvalue weighted by Gasteiger charge is -2.13. The fourth-order valence-corrected chi connectivity index (χ4v) is 1.21. The number of nitrogens with zero attached hydrogens (tertiary/aromatic N) is 1. The van der Waals surface area contributed by atoms with Gasteiger partial charge in [-0.3, -0.25) is 14.9 Å². The number of hydrogen-bond acceptors (Lipinski definition) is 5. The molecule has 0 aliphatic carbocycles. The van der Waals surface area contributed by atoms with Crippen molar-refractivity contribution in [2.75, 3.05) is 13.2 Å². The molecule has 0 bridgehead atoms. The first-order valence-corrected chi connectivity index (χ1v) is 4.96. The summed E-state index contributed by atoms with van der Waals surface area (Å²) in [5, 5.41) is 30.1. The van der Waals surface area contributed by atoms with E-state index in [4.69, 9.17) is 10.2 Å². The summed E-state index contributed by atoms with van der Waals surface area (Å²) in [5.74, 6) is -1.86. The van der Waals surface area contributed by atoms with Crippen LogP contribution in [0.1, 0.15) is 10.4 Å². The number of carbonyl (C=O) groups excluding carboxylic acids is 1. The number of nitro benzene ring substituents is 1. The number of nitro groups is 1. The first-order valence-electron chi connectivity index (χ1n) is 4.96. The van der Waals surface area contributed by atoms with Gasteiger partial charge in [0.15, 0.2) is 0 Å². The van der Waals surface area contributed by atoms with Crippen LogP contribution in [-0.2, 0) is 0 Å². The van der Waals surface area contributed by atoms with Gasteiger partial charge in [0.25, 0.3) is 11.6 Å². The molecular weight excluding hydrogens is 247 g/mol. The van der Waals surface area contributed by atoms with Crippen molar-refractivity contribution in [1.82, 2.24) is 5.32 Å². The quantitative estimate of drug-likeness (QED) is 0.500. The molecule has 0 heterocycles. The summed E-state index contributed by atoms with van der Waals surface area (Å²) in [5.41, 5.74) is -0.942. The van der Waals surface area contributed by atoms with Crippen molar-refractivity contribution >= 4 is 11.6 Å². The van der Waals surface area contributed by atoms with Gasteiger partial charge in [0, 0.05) is 12.1 Å². The van der Waals surface area contributed by atoms with E-state index in [1.807, 2.05) is 0 Å². The zero-order chi connectivity index (χ0) is 13.7. The lowest BCUT2D eigenvalue weighted by molar-refractivity contribution is -0.384. The predicted octanol–water partition coefficient (Wildman–Crippen LogP) is -0.183. The Morgan fingerprint density at radius 1 is 1.44 bits per heavy atom. The molecule has 0 saturated heterocycles. The number of aliphatic hydroxyl groups is 2. The molecule has 18 heavy (non-hydrogen) atoms. The van der Waals surface area contributed by atoms with E-state index in [1.165, 1.54) is 0 Å². The second kappa shape index (κ2) is 6.03. The van der Waals surface area contributed by atoms with Gasteiger partial charge in [-0.25, -0.2) is 4.39 Å². The molecule has 0 aromatic heterocycles. The molecule has 1 amide bonds. The van der Waals surface area contributed by atoms with Crippen molar-refractivity contribution in [1.29, 1.82) is 0 Å². The van der Waals surface area contributed by atoms with E-state index >= 15 is 0 Å². The van der Waals surface area contributed by atoms with Gasteiger partial charge in [-0.05, 0) is 6.07 Å². The molecule has 0 radical (unpaired) electrons. The van der Waals surface area contributed by atoms with Gasteiger partial charge in [0.05, 0.1) is 29.7 Å². The summed E-state index contributed by atoms with van der Waals surface area (Å²) in [6.45, 7) is -1.06. The molecule has 0 aliphatic heterocycles. The summed E-state index contributed by atoms with van der Waals surface area (Å²) >= 11 is 0. The van der Waals surface area contributed by atoms with Gasteiger partial charge in [0.2, 0.25) is 0 Å². The Kier molecular flexibility index (Phi) is 4.69. The van der Waals surface area contributed by atoms with E-state index in [0.717, 1.165) is 18.2 Å². The van der Waals surface area contributed by atoms with Crippen LogP contribution in [0, 0.1) is 15.9 Å². The molecule has 98 valence electrons. The van der Waals surface area contributed by atoms with Crippen LogP contribution in [0.5, 0.6) is 0 Å². The molecule has 0 saturated carbocycles. The Labute approximate surface area is 101 Å². The Bertz CT molecular complexity index is 462. The Balaban J connectivity index is 2.97. The normalized spacial score (nSPS) is 10.4. The van der Waals surface area contributed by atoms with E-state index < -0.39 is 47.2 Å². The van der Waals surface area contributed by atoms with Gasteiger partial charge >= 0.3 is 0 Å². The van der Waals surface area contributed by atoms with Gasteiger partial charge in [-0.2, -0.15) is 0 Å². The number of halogens is 1. The molecule has 0 aliphatic rings. The van der Waals surface area contributed by atoms with Crippen molar-refractivity contribution < 1.29 is 24.3 Å². The second-order valence-electron chi connectivity index (χ2n) is 3.46. The molecule has 1 aromatic carbocycles. The minimum atomic E-state index is -0.948. The summed E-state index contributed by atoms with van der Waals surface area (Å²) in [7, 11) is 0. The molecule has 1 rings (SSSR count). The highest BCUT2D eigenvalue weighted by Crippen LogP contribution is 2.16. The lowest BCUT2D eigenvalue weighted by Crippen LogP contribution is -2.40. The molecular formula is C10H11FN2O5. The smallest absolute Gasteiger partial charge is 0.270 e. The molecule has 3 N–H and O–H groups in total. The second-order valence-corrected chi connectivity index (χ2v) is 3.46. The van der Waals surface area contributed by atoms with Gasteiger partial charge in [-0.15, -0.1) is 0 Å². The number of carbonyl (C=O) groups is 1. The van der Waals surface area contributed by atoms with Crippen LogP contribution < -0.4 is 5.32 Å². The fourth-order valence-electron chi connectivity index (χ4n) is 1.21. The van der Waals surface area contributed by atoms with Crippen LogP contribution in [0.3, 0.4) is 0 Å². The molecule has 0 fully saturated rings. The summed E-state index contributed by atoms with van der Waals surface area (Å²) in [6.07, 6.45) is 0. The third-order valence-electron chi connectivity index (χ3n) is 2.18. The number of nitrogens with one attached hydrogen (secondary N) is 1. The third-order valence-corrected chi connectivity index (χ3v) is 2.18. The number of rotatable bonds is 5. The molecule has 1 aromatic rings. The zero-order valence-corrected chi connectivity index (χ0v) is 9.17. The predicted molar refractivity (Wildman–Crippen MR) is 58.5 cm³/mol. The highest BCUT2D eigenvalue weighted by atomic mass is 19.1. The summed E-state index contributed by atoms with van der Waals surface area (Å²) < 4.78 is 13.3. The zero-order valence-electron chi connectivity index (χ0n) is 9.17. The summed E-state index contributed by atoms with van der Waals surface area (Å²) in [4.78, 5) is 21.3. The maximum Gasteiger partial charge on any atom is 0.270 e. The van der Waals surface area contributed by atoms with Crippen LogP contribution in [0.15, 0.2) is 18.2 Å². The first-order chi connectivity index (χ1) is 8.49. The molecule has 0 spiro atoms. The van der Waals surface area contributed by atoms with E-state index in [2.05, 4.69) is 5.32 Å². The van der Waals surface area contributed by atoms with E-state index in [0.29, 0.717) is 0 Å². The topological polar surface area (TPSA) is 113 Å². The van der Waals surface area contributed by atoms with Crippen molar-refractivity contribution in [3.63, 3.8) is 0 Å². The monoisotopic (exact) mass is 258 g/mol. The van der Waals surface area contributed by atoms with Crippen molar-refractivity contribution in [3.05, 3.63) is 39.7 Å². The Morgan fingerprint density at radius 2 is 2.06 bits per heavy atom. The van der Waals surface area contributed by atoms with Crippen LogP contribution in [0.4, 0.5) is 10.1 Å². The molecule has 0 unspecified atom stereocenters. The van der Waals surface area contributed by atoms with E-state index in [9.17, 15) is 19.3 Å². The highest BCUT2D eigenvalue weighted by Gasteiger charge is 2.19. The lowest BCUT2D eigenvalue weighted by atomic mass is 10.1. The van der Waals surface area contributed by atoms with Crippen molar-refractivity contribution in [2.24, 2.45) is 0 Å². The van der Waals surface area contributed by atoms with E-state index in [-0.39, 0.29) is 0 Å². The first kappa shape index (κ1) is 14.0. The number of benzene rings is 1. The number of aliphatic hydroxyl groups excluding tert-OH is 2. The molecule has 7 nitrogen and oxygen atoms in total. The average Bonchev–Trinajstić information content (AvgIpc) is 2.35. The Hall–Kier alpha value is -2.06.